The zero-order valence-corrected chi connectivity index (χ0v) is 19.5. The van der Waals surface area contributed by atoms with Crippen LogP contribution in [0.25, 0.3) is 0 Å². The highest BCUT2D eigenvalue weighted by molar-refractivity contribution is 5.97. The summed E-state index contributed by atoms with van der Waals surface area (Å²) >= 11 is 0. The fourth-order valence-electron chi connectivity index (χ4n) is 3.03. The topological polar surface area (TPSA) is 146 Å². The van der Waals surface area contributed by atoms with Crippen LogP contribution in [0.15, 0.2) is 66.7 Å². The van der Waals surface area contributed by atoms with Crippen LogP contribution in [0.5, 0.6) is 11.5 Å². The van der Waals surface area contributed by atoms with Crippen LogP contribution in [0.3, 0.4) is 0 Å². The first-order valence-electron chi connectivity index (χ1n) is 10.6. The van der Waals surface area contributed by atoms with E-state index in [0.717, 1.165) is 0 Å². The number of ether oxygens (including phenoxy) is 3. The monoisotopic (exact) mass is 493 g/mol. The van der Waals surface area contributed by atoms with E-state index >= 15 is 0 Å². The minimum Gasteiger partial charge on any atom is -0.497 e. The number of nitro benzene ring substituents is 1. The molecule has 0 spiro atoms. The molecule has 2 N–H and O–H groups in total. The van der Waals surface area contributed by atoms with Crippen molar-refractivity contribution in [2.24, 2.45) is 0 Å². The molecule has 3 rings (SSSR count). The number of anilines is 2. The zero-order valence-electron chi connectivity index (χ0n) is 19.5. The second kappa shape index (κ2) is 12.0. The molecule has 0 aliphatic rings. The zero-order chi connectivity index (χ0) is 26.1. The van der Waals surface area contributed by atoms with E-state index in [1.165, 1.54) is 43.5 Å². The summed E-state index contributed by atoms with van der Waals surface area (Å²) in [6, 6.07) is 17.0. The molecule has 3 aromatic carbocycles. The average molecular weight is 493 g/mol. The Labute approximate surface area is 206 Å². The van der Waals surface area contributed by atoms with Crippen molar-refractivity contribution in [1.29, 1.82) is 0 Å². The van der Waals surface area contributed by atoms with Gasteiger partial charge in [0.15, 0.2) is 13.2 Å². The van der Waals surface area contributed by atoms with Gasteiger partial charge in [0.1, 0.15) is 17.2 Å². The second-order valence-corrected chi connectivity index (χ2v) is 7.50. The van der Waals surface area contributed by atoms with E-state index in [0.29, 0.717) is 22.7 Å². The minimum absolute atomic E-state index is 0.00332. The van der Waals surface area contributed by atoms with E-state index in [-0.39, 0.29) is 29.5 Å². The molecule has 3 aromatic rings. The third-order valence-electron chi connectivity index (χ3n) is 4.77. The van der Waals surface area contributed by atoms with Crippen LogP contribution >= 0.6 is 0 Å². The summed E-state index contributed by atoms with van der Waals surface area (Å²) in [7, 11) is 1.53. The van der Waals surface area contributed by atoms with Crippen molar-refractivity contribution in [3.8, 4) is 11.5 Å². The van der Waals surface area contributed by atoms with Gasteiger partial charge in [-0.3, -0.25) is 19.7 Å². The Balaban J connectivity index is 1.47. The Bertz CT molecular complexity index is 1270. The van der Waals surface area contributed by atoms with Gasteiger partial charge in [0.25, 0.3) is 17.5 Å². The standard InChI is InChI=1S/C25H23N3O8/c1-16-6-11-21(22(12-16)28(32)33)27-24(30)15-36-25(31)17-7-9-19(10-8-17)35-14-23(29)26-18-4-3-5-20(13-18)34-2/h3-13H,14-15H2,1-2H3,(H,26,29)(H,27,30). The molecular weight excluding hydrogens is 470 g/mol. The van der Waals surface area contributed by atoms with Gasteiger partial charge in [-0.05, 0) is 55.0 Å². The molecule has 0 aromatic heterocycles. The summed E-state index contributed by atoms with van der Waals surface area (Å²) in [5, 5.41) is 16.2. The van der Waals surface area contributed by atoms with Gasteiger partial charge in [0.2, 0.25) is 0 Å². The molecule has 0 saturated heterocycles. The molecule has 0 saturated carbocycles. The summed E-state index contributed by atoms with van der Waals surface area (Å²) in [4.78, 5) is 47.0. The van der Waals surface area contributed by atoms with E-state index in [9.17, 15) is 24.5 Å². The Morgan fingerprint density at radius 3 is 2.31 bits per heavy atom. The summed E-state index contributed by atoms with van der Waals surface area (Å²) < 4.78 is 15.5. The van der Waals surface area contributed by atoms with Crippen molar-refractivity contribution >= 4 is 34.8 Å². The quantitative estimate of drug-likeness (QED) is 0.247. The van der Waals surface area contributed by atoms with Crippen molar-refractivity contribution in [3.63, 3.8) is 0 Å². The molecule has 0 aliphatic heterocycles. The maximum Gasteiger partial charge on any atom is 0.338 e. The van der Waals surface area contributed by atoms with E-state index in [2.05, 4.69) is 10.6 Å². The van der Waals surface area contributed by atoms with E-state index in [1.54, 1.807) is 37.3 Å². The first kappa shape index (κ1) is 25.7. The molecule has 0 bridgehead atoms. The van der Waals surface area contributed by atoms with Gasteiger partial charge in [-0.25, -0.2) is 4.79 Å². The van der Waals surface area contributed by atoms with Crippen LogP contribution in [-0.2, 0) is 14.3 Å². The number of nitro groups is 1. The highest BCUT2D eigenvalue weighted by Gasteiger charge is 2.17. The highest BCUT2D eigenvalue weighted by Crippen LogP contribution is 2.25. The number of rotatable bonds is 10. The van der Waals surface area contributed by atoms with Crippen LogP contribution < -0.4 is 20.1 Å². The predicted molar refractivity (Wildman–Crippen MR) is 130 cm³/mol. The van der Waals surface area contributed by atoms with Crippen LogP contribution in [0.2, 0.25) is 0 Å². The maximum absolute atomic E-state index is 12.2. The van der Waals surface area contributed by atoms with Crippen LogP contribution in [-0.4, -0.2) is 43.0 Å². The van der Waals surface area contributed by atoms with Gasteiger partial charge in [0, 0.05) is 17.8 Å². The maximum atomic E-state index is 12.2. The smallest absolute Gasteiger partial charge is 0.338 e. The van der Waals surface area contributed by atoms with Crippen molar-refractivity contribution in [2.45, 2.75) is 6.92 Å². The summed E-state index contributed by atoms with van der Waals surface area (Å²) in [6.07, 6.45) is 0. The summed E-state index contributed by atoms with van der Waals surface area (Å²) in [6.45, 7) is 0.798. The number of carbonyl (C=O) groups is 3. The first-order chi connectivity index (χ1) is 17.2. The van der Waals surface area contributed by atoms with Gasteiger partial charge >= 0.3 is 5.97 Å². The van der Waals surface area contributed by atoms with Gasteiger partial charge in [-0.2, -0.15) is 0 Å². The second-order valence-electron chi connectivity index (χ2n) is 7.50. The molecule has 0 unspecified atom stereocenters. The van der Waals surface area contributed by atoms with Crippen LogP contribution in [0.4, 0.5) is 17.1 Å². The molecule has 0 fully saturated rings. The number of aryl methyl sites for hydroxylation is 1. The lowest BCUT2D eigenvalue weighted by molar-refractivity contribution is -0.384. The number of esters is 1. The molecule has 0 aliphatic carbocycles. The van der Waals surface area contributed by atoms with Crippen molar-refractivity contribution in [3.05, 3.63) is 88.0 Å². The Hall–Kier alpha value is -4.93. The molecule has 2 amide bonds. The van der Waals surface area contributed by atoms with Crippen LogP contribution in [0, 0.1) is 17.0 Å². The molecule has 0 radical (unpaired) electrons. The fourth-order valence-corrected chi connectivity index (χ4v) is 3.03. The number of methoxy groups -OCH3 is 1. The molecule has 11 heteroatoms. The lowest BCUT2D eigenvalue weighted by Gasteiger charge is -2.09. The van der Waals surface area contributed by atoms with E-state index < -0.39 is 23.4 Å². The normalized spacial score (nSPS) is 10.2. The lowest BCUT2D eigenvalue weighted by Crippen LogP contribution is -2.21. The summed E-state index contributed by atoms with van der Waals surface area (Å²) in [5.41, 5.74) is 1.11. The van der Waals surface area contributed by atoms with Gasteiger partial charge in [0.05, 0.1) is 17.6 Å². The molecule has 186 valence electrons. The Morgan fingerprint density at radius 2 is 1.61 bits per heavy atom. The largest absolute Gasteiger partial charge is 0.497 e. The number of nitrogens with one attached hydrogen (secondary N) is 2. The van der Waals surface area contributed by atoms with Crippen LogP contribution in [0.1, 0.15) is 15.9 Å². The molecule has 0 atom stereocenters. The minimum atomic E-state index is -0.772. The fraction of sp³-hybridized carbons (Fsp3) is 0.160. The number of nitrogens with zero attached hydrogens (tertiary/aromatic N) is 1. The van der Waals surface area contributed by atoms with Gasteiger partial charge in [-0.1, -0.05) is 12.1 Å². The summed E-state index contributed by atoms with van der Waals surface area (Å²) in [5.74, 6) is -0.934. The molecule has 36 heavy (non-hydrogen) atoms. The number of benzene rings is 3. The first-order valence-corrected chi connectivity index (χ1v) is 10.6. The number of hydrogen-bond acceptors (Lipinski definition) is 8. The van der Waals surface area contributed by atoms with E-state index in [4.69, 9.17) is 14.2 Å². The van der Waals surface area contributed by atoms with Crippen molar-refractivity contribution in [1.82, 2.24) is 0 Å². The number of hydrogen-bond donors (Lipinski definition) is 2. The molecule has 11 nitrogen and oxygen atoms in total. The highest BCUT2D eigenvalue weighted by atomic mass is 16.6. The molecular formula is C25H23N3O8. The van der Waals surface area contributed by atoms with Gasteiger partial charge in [-0.15, -0.1) is 0 Å². The third-order valence-corrected chi connectivity index (χ3v) is 4.77. The number of carbonyl (C=O) groups excluding carboxylic acids is 3. The predicted octanol–water partition coefficient (Wildman–Crippen LogP) is 3.72. The lowest BCUT2D eigenvalue weighted by atomic mass is 10.2. The average Bonchev–Trinajstić information content (AvgIpc) is 2.87. The van der Waals surface area contributed by atoms with Gasteiger partial charge < -0.3 is 24.8 Å². The Morgan fingerprint density at radius 1 is 0.889 bits per heavy atom. The van der Waals surface area contributed by atoms with E-state index in [1.807, 2.05) is 0 Å². The van der Waals surface area contributed by atoms with Crippen molar-refractivity contribution < 1.29 is 33.5 Å². The SMILES string of the molecule is COc1cccc(NC(=O)COc2ccc(C(=O)OCC(=O)Nc3ccc(C)cc3[N+](=O)[O-])cc2)c1. The Kier molecular flexibility index (Phi) is 8.54. The molecule has 0 heterocycles. The number of amides is 2. The third kappa shape index (κ3) is 7.29. The van der Waals surface area contributed by atoms with Crippen molar-refractivity contribution in [2.75, 3.05) is 31.0 Å².